The number of guanidine groups is 1. The SMILES string of the molecule is CCNC(=NCC(Cc1ccccc1)N(C)C)N1CCC(C(=O)OCC)CC1. The minimum atomic E-state index is -0.0559. The molecule has 0 amide bonds. The number of nitrogens with zero attached hydrogens (tertiary/aromatic N) is 3. The number of aliphatic imine (C=N–C) groups is 1. The number of ether oxygens (including phenoxy) is 1. The molecule has 0 aromatic heterocycles. The molecule has 1 aromatic rings. The number of piperidine rings is 1. The molecule has 1 fully saturated rings. The summed E-state index contributed by atoms with van der Waals surface area (Å²) in [6.45, 7) is 7.65. The molecule has 6 nitrogen and oxygen atoms in total. The maximum absolute atomic E-state index is 12.0. The topological polar surface area (TPSA) is 57.2 Å². The van der Waals surface area contributed by atoms with Gasteiger partial charge in [-0.15, -0.1) is 0 Å². The van der Waals surface area contributed by atoms with Crippen molar-refractivity contribution in [3.63, 3.8) is 0 Å². The summed E-state index contributed by atoms with van der Waals surface area (Å²) in [4.78, 5) is 21.4. The average molecular weight is 389 g/mol. The molecular weight excluding hydrogens is 352 g/mol. The lowest BCUT2D eigenvalue weighted by atomic mass is 9.97. The summed E-state index contributed by atoms with van der Waals surface area (Å²) in [5.74, 6) is 0.913. The summed E-state index contributed by atoms with van der Waals surface area (Å²) in [7, 11) is 4.22. The van der Waals surface area contributed by atoms with Crippen LogP contribution in [0.15, 0.2) is 35.3 Å². The lowest BCUT2D eigenvalue weighted by Gasteiger charge is -2.33. The number of carbonyl (C=O) groups is 1. The van der Waals surface area contributed by atoms with Crippen LogP contribution in [0.2, 0.25) is 0 Å². The van der Waals surface area contributed by atoms with E-state index in [0.29, 0.717) is 12.6 Å². The van der Waals surface area contributed by atoms with Crippen molar-refractivity contribution >= 4 is 11.9 Å². The van der Waals surface area contributed by atoms with E-state index in [9.17, 15) is 4.79 Å². The number of benzene rings is 1. The molecule has 1 unspecified atom stereocenters. The van der Waals surface area contributed by atoms with E-state index in [1.165, 1.54) is 5.56 Å². The number of carbonyl (C=O) groups excluding carboxylic acids is 1. The second-order valence-electron chi connectivity index (χ2n) is 7.52. The highest BCUT2D eigenvalue weighted by atomic mass is 16.5. The molecule has 156 valence electrons. The van der Waals surface area contributed by atoms with Gasteiger partial charge in [-0.25, -0.2) is 0 Å². The fourth-order valence-corrected chi connectivity index (χ4v) is 3.50. The molecule has 1 N–H and O–H groups in total. The Balaban J connectivity index is 1.97. The zero-order valence-corrected chi connectivity index (χ0v) is 17.9. The first-order valence-electron chi connectivity index (χ1n) is 10.4. The lowest BCUT2D eigenvalue weighted by molar-refractivity contribution is -0.149. The van der Waals surface area contributed by atoms with Crippen LogP contribution >= 0.6 is 0 Å². The monoisotopic (exact) mass is 388 g/mol. The lowest BCUT2D eigenvalue weighted by Crippen LogP contribution is -2.47. The van der Waals surface area contributed by atoms with Gasteiger partial charge in [-0.05, 0) is 52.8 Å². The fourth-order valence-electron chi connectivity index (χ4n) is 3.50. The van der Waals surface area contributed by atoms with Crippen LogP contribution in [0.1, 0.15) is 32.3 Å². The van der Waals surface area contributed by atoms with E-state index in [0.717, 1.165) is 51.4 Å². The molecule has 2 rings (SSSR count). The van der Waals surface area contributed by atoms with Crippen molar-refractivity contribution in [2.24, 2.45) is 10.9 Å². The van der Waals surface area contributed by atoms with E-state index in [4.69, 9.17) is 9.73 Å². The van der Waals surface area contributed by atoms with Gasteiger partial charge in [-0.1, -0.05) is 30.3 Å². The van der Waals surface area contributed by atoms with Crippen molar-refractivity contribution in [1.82, 2.24) is 15.1 Å². The Labute approximate surface area is 170 Å². The van der Waals surface area contributed by atoms with Crippen LogP contribution in [-0.2, 0) is 16.0 Å². The quantitative estimate of drug-likeness (QED) is 0.421. The van der Waals surface area contributed by atoms with E-state index in [2.05, 4.69) is 66.5 Å². The summed E-state index contributed by atoms with van der Waals surface area (Å²) < 4.78 is 5.18. The van der Waals surface area contributed by atoms with Crippen molar-refractivity contribution in [3.8, 4) is 0 Å². The molecule has 6 heteroatoms. The summed E-state index contributed by atoms with van der Waals surface area (Å²) in [5.41, 5.74) is 1.33. The highest BCUT2D eigenvalue weighted by molar-refractivity contribution is 5.80. The molecule has 1 aromatic carbocycles. The second-order valence-corrected chi connectivity index (χ2v) is 7.52. The van der Waals surface area contributed by atoms with Crippen molar-refractivity contribution in [1.29, 1.82) is 0 Å². The fraction of sp³-hybridized carbons (Fsp3) is 0.636. The Kier molecular flexibility index (Phi) is 9.28. The standard InChI is InChI=1S/C22H36N4O2/c1-5-23-22(26-14-12-19(13-15-26)21(27)28-6-2)24-17-20(25(3)4)16-18-10-8-7-9-11-18/h7-11,19-20H,5-6,12-17H2,1-4H3,(H,23,24). The molecule has 1 saturated heterocycles. The van der Waals surface area contributed by atoms with Gasteiger partial charge >= 0.3 is 5.97 Å². The Morgan fingerprint density at radius 3 is 2.50 bits per heavy atom. The van der Waals surface area contributed by atoms with Gasteiger partial charge < -0.3 is 19.9 Å². The van der Waals surface area contributed by atoms with Gasteiger partial charge in [0.05, 0.1) is 19.1 Å². The van der Waals surface area contributed by atoms with Crippen molar-refractivity contribution in [3.05, 3.63) is 35.9 Å². The van der Waals surface area contributed by atoms with Crippen LogP contribution in [0, 0.1) is 5.92 Å². The Morgan fingerprint density at radius 2 is 1.93 bits per heavy atom. The molecule has 1 aliphatic heterocycles. The number of hydrogen-bond donors (Lipinski definition) is 1. The van der Waals surface area contributed by atoms with Crippen LogP contribution in [0.25, 0.3) is 0 Å². The number of rotatable bonds is 8. The highest BCUT2D eigenvalue weighted by Crippen LogP contribution is 2.19. The number of esters is 1. The largest absolute Gasteiger partial charge is 0.466 e. The van der Waals surface area contributed by atoms with Gasteiger partial charge in [-0.3, -0.25) is 9.79 Å². The second kappa shape index (κ2) is 11.7. The zero-order valence-electron chi connectivity index (χ0n) is 17.9. The molecule has 0 bridgehead atoms. The summed E-state index contributed by atoms with van der Waals surface area (Å²) in [6.07, 6.45) is 2.62. The van der Waals surface area contributed by atoms with E-state index in [1.807, 2.05) is 6.92 Å². The molecule has 1 aliphatic rings. The van der Waals surface area contributed by atoms with Gasteiger partial charge in [0.1, 0.15) is 0 Å². The first kappa shape index (κ1) is 22.2. The predicted octanol–water partition coefficient (Wildman–Crippen LogP) is 2.40. The van der Waals surface area contributed by atoms with Gasteiger partial charge in [0, 0.05) is 25.7 Å². The maximum Gasteiger partial charge on any atom is 0.309 e. The van der Waals surface area contributed by atoms with E-state index >= 15 is 0 Å². The summed E-state index contributed by atoms with van der Waals surface area (Å²) in [6, 6.07) is 10.9. The van der Waals surface area contributed by atoms with Crippen LogP contribution < -0.4 is 5.32 Å². The molecule has 1 heterocycles. The highest BCUT2D eigenvalue weighted by Gasteiger charge is 2.27. The van der Waals surface area contributed by atoms with Gasteiger partial charge in [0.2, 0.25) is 0 Å². The van der Waals surface area contributed by atoms with Crippen LogP contribution in [0.5, 0.6) is 0 Å². The molecule has 0 saturated carbocycles. The number of hydrogen-bond acceptors (Lipinski definition) is 4. The number of likely N-dealkylation sites (N-methyl/N-ethyl adjacent to an activating group) is 1. The van der Waals surface area contributed by atoms with E-state index in [-0.39, 0.29) is 11.9 Å². The number of nitrogens with one attached hydrogen (secondary N) is 1. The molecule has 28 heavy (non-hydrogen) atoms. The Morgan fingerprint density at radius 1 is 1.25 bits per heavy atom. The van der Waals surface area contributed by atoms with Crippen molar-refractivity contribution in [2.75, 3.05) is 46.9 Å². The Bertz CT molecular complexity index is 610. The van der Waals surface area contributed by atoms with Crippen LogP contribution in [0.4, 0.5) is 0 Å². The third-order valence-corrected chi connectivity index (χ3v) is 5.25. The molecule has 0 spiro atoms. The van der Waals surface area contributed by atoms with Crippen molar-refractivity contribution in [2.45, 2.75) is 39.2 Å². The molecule has 1 atom stereocenters. The van der Waals surface area contributed by atoms with E-state index in [1.54, 1.807) is 0 Å². The van der Waals surface area contributed by atoms with Gasteiger partial charge in [0.25, 0.3) is 0 Å². The molecular formula is C22H36N4O2. The third-order valence-electron chi connectivity index (χ3n) is 5.25. The smallest absolute Gasteiger partial charge is 0.309 e. The normalized spacial score (nSPS) is 16.9. The van der Waals surface area contributed by atoms with Gasteiger partial charge in [0.15, 0.2) is 5.96 Å². The first-order chi connectivity index (χ1) is 13.5. The minimum absolute atomic E-state index is 0.0201. The minimum Gasteiger partial charge on any atom is -0.466 e. The zero-order chi connectivity index (χ0) is 20.4. The summed E-state index contributed by atoms with van der Waals surface area (Å²) >= 11 is 0. The molecule has 0 aliphatic carbocycles. The first-order valence-corrected chi connectivity index (χ1v) is 10.4. The maximum atomic E-state index is 12.0. The molecule has 0 radical (unpaired) electrons. The van der Waals surface area contributed by atoms with Crippen LogP contribution in [0.3, 0.4) is 0 Å². The summed E-state index contributed by atoms with van der Waals surface area (Å²) in [5, 5.41) is 3.42. The average Bonchev–Trinajstić information content (AvgIpc) is 2.71. The van der Waals surface area contributed by atoms with Crippen LogP contribution in [-0.4, -0.2) is 74.7 Å². The van der Waals surface area contributed by atoms with Crippen molar-refractivity contribution < 1.29 is 9.53 Å². The Hall–Kier alpha value is -2.08. The predicted molar refractivity (Wildman–Crippen MR) is 115 cm³/mol. The van der Waals surface area contributed by atoms with E-state index < -0.39 is 0 Å². The van der Waals surface area contributed by atoms with Gasteiger partial charge in [-0.2, -0.15) is 0 Å². The number of likely N-dealkylation sites (tertiary alicyclic amines) is 1. The third kappa shape index (κ3) is 6.82.